The SMILES string of the molecule is COc1cc2ncc(C#N)c(OC(=O)N(c3ccc(C(C)C)cc3)N3CCCCC3)c2cc1OC. The molecule has 182 valence electrons. The van der Waals surface area contributed by atoms with Crippen molar-refractivity contribution in [2.24, 2.45) is 0 Å². The van der Waals surface area contributed by atoms with E-state index in [2.05, 4.69) is 24.9 Å². The maximum absolute atomic E-state index is 13.7. The third-order valence-electron chi connectivity index (χ3n) is 6.23. The van der Waals surface area contributed by atoms with Crippen molar-refractivity contribution in [3.63, 3.8) is 0 Å². The summed E-state index contributed by atoms with van der Waals surface area (Å²) in [7, 11) is 3.06. The number of nitriles is 1. The summed E-state index contributed by atoms with van der Waals surface area (Å²) >= 11 is 0. The number of hydrogen-bond acceptors (Lipinski definition) is 7. The van der Waals surface area contributed by atoms with Gasteiger partial charge in [-0.05, 0) is 42.5 Å². The van der Waals surface area contributed by atoms with Gasteiger partial charge in [0.25, 0.3) is 0 Å². The lowest BCUT2D eigenvalue weighted by atomic mass is 10.0. The molecule has 0 aliphatic carbocycles. The first-order valence-corrected chi connectivity index (χ1v) is 11.8. The van der Waals surface area contributed by atoms with Crippen LogP contribution in [-0.4, -0.2) is 43.4 Å². The molecular weight excluding hydrogens is 444 g/mol. The van der Waals surface area contributed by atoms with Crippen LogP contribution in [0.3, 0.4) is 0 Å². The second-order valence-electron chi connectivity index (χ2n) is 8.78. The van der Waals surface area contributed by atoms with Crippen LogP contribution in [-0.2, 0) is 0 Å². The van der Waals surface area contributed by atoms with E-state index >= 15 is 0 Å². The van der Waals surface area contributed by atoms with Crippen LogP contribution in [0.4, 0.5) is 10.5 Å². The fourth-order valence-corrected chi connectivity index (χ4v) is 4.28. The number of benzene rings is 2. The molecule has 2 aromatic carbocycles. The van der Waals surface area contributed by atoms with E-state index in [1.54, 1.807) is 17.1 Å². The Morgan fingerprint density at radius 2 is 1.71 bits per heavy atom. The van der Waals surface area contributed by atoms with E-state index in [0.717, 1.165) is 38.0 Å². The number of carbonyl (C=O) groups excluding carboxylic acids is 1. The number of piperidine rings is 1. The first kappa shape index (κ1) is 24.3. The van der Waals surface area contributed by atoms with Crippen molar-refractivity contribution in [2.75, 3.05) is 32.3 Å². The maximum atomic E-state index is 13.7. The molecule has 0 spiro atoms. The molecule has 8 nitrogen and oxygen atoms in total. The number of rotatable bonds is 6. The largest absolute Gasteiger partial charge is 0.493 e. The van der Waals surface area contributed by atoms with Gasteiger partial charge in [0, 0.05) is 30.7 Å². The van der Waals surface area contributed by atoms with Crippen LogP contribution < -0.4 is 19.2 Å². The molecule has 8 heteroatoms. The average molecular weight is 475 g/mol. The fraction of sp³-hybridized carbons (Fsp3) is 0.370. The third-order valence-corrected chi connectivity index (χ3v) is 6.23. The Morgan fingerprint density at radius 3 is 2.31 bits per heavy atom. The van der Waals surface area contributed by atoms with Gasteiger partial charge in [0.2, 0.25) is 0 Å². The predicted molar refractivity (Wildman–Crippen MR) is 134 cm³/mol. The number of anilines is 1. The van der Waals surface area contributed by atoms with Crippen LogP contribution in [0.5, 0.6) is 17.2 Å². The molecule has 2 heterocycles. The number of methoxy groups -OCH3 is 2. The Labute approximate surface area is 205 Å². The number of aromatic nitrogens is 1. The number of nitrogens with zero attached hydrogens (tertiary/aromatic N) is 4. The van der Waals surface area contributed by atoms with E-state index in [1.807, 2.05) is 29.3 Å². The van der Waals surface area contributed by atoms with Gasteiger partial charge in [0.05, 0.1) is 25.4 Å². The van der Waals surface area contributed by atoms with Gasteiger partial charge in [0.15, 0.2) is 17.2 Å². The smallest absolute Gasteiger partial charge is 0.434 e. The lowest BCUT2D eigenvalue weighted by molar-refractivity contribution is 0.162. The summed E-state index contributed by atoms with van der Waals surface area (Å²) in [4.78, 5) is 18.0. The summed E-state index contributed by atoms with van der Waals surface area (Å²) in [5.41, 5.74) is 2.59. The molecule has 0 radical (unpaired) electrons. The highest BCUT2D eigenvalue weighted by Gasteiger charge is 2.28. The van der Waals surface area contributed by atoms with Crippen molar-refractivity contribution in [3.05, 3.63) is 53.7 Å². The number of ether oxygens (including phenoxy) is 3. The molecule has 1 saturated heterocycles. The first-order valence-electron chi connectivity index (χ1n) is 11.8. The maximum Gasteiger partial charge on any atom is 0.434 e. The zero-order valence-corrected chi connectivity index (χ0v) is 20.6. The van der Waals surface area contributed by atoms with Gasteiger partial charge in [-0.1, -0.05) is 32.4 Å². The Balaban J connectivity index is 1.76. The minimum atomic E-state index is -0.581. The van der Waals surface area contributed by atoms with E-state index in [1.165, 1.54) is 26.0 Å². The van der Waals surface area contributed by atoms with Crippen molar-refractivity contribution in [2.45, 2.75) is 39.0 Å². The molecule has 0 saturated carbocycles. The molecule has 0 unspecified atom stereocenters. The highest BCUT2D eigenvalue weighted by atomic mass is 16.6. The number of carbonyl (C=O) groups is 1. The van der Waals surface area contributed by atoms with Gasteiger partial charge in [-0.25, -0.2) is 14.8 Å². The quantitative estimate of drug-likeness (QED) is 0.456. The summed E-state index contributed by atoms with van der Waals surface area (Å²) in [6.45, 7) is 5.75. The molecule has 1 amide bonds. The molecule has 0 atom stereocenters. The van der Waals surface area contributed by atoms with E-state index in [4.69, 9.17) is 14.2 Å². The van der Waals surface area contributed by atoms with E-state index in [9.17, 15) is 10.1 Å². The number of hydrazine groups is 1. The molecule has 0 bridgehead atoms. The molecular formula is C27H30N4O4. The van der Waals surface area contributed by atoms with Crippen LogP contribution in [0.25, 0.3) is 10.9 Å². The van der Waals surface area contributed by atoms with E-state index in [0.29, 0.717) is 28.3 Å². The topological polar surface area (TPSA) is 87.9 Å². The van der Waals surface area contributed by atoms with Gasteiger partial charge in [-0.15, -0.1) is 0 Å². The highest BCUT2D eigenvalue weighted by molar-refractivity contribution is 5.95. The first-order chi connectivity index (χ1) is 17.0. The third kappa shape index (κ3) is 5.00. The summed E-state index contributed by atoms with van der Waals surface area (Å²) < 4.78 is 16.8. The van der Waals surface area contributed by atoms with Crippen LogP contribution in [0.1, 0.15) is 50.2 Å². The lowest BCUT2D eigenvalue weighted by Crippen LogP contribution is -2.50. The summed E-state index contributed by atoms with van der Waals surface area (Å²) in [6, 6.07) is 13.4. The summed E-state index contributed by atoms with van der Waals surface area (Å²) in [5, 5.41) is 13.8. The molecule has 3 aromatic rings. The van der Waals surface area contributed by atoms with Crippen molar-refractivity contribution in [1.82, 2.24) is 9.99 Å². The average Bonchev–Trinajstić information content (AvgIpc) is 2.89. The van der Waals surface area contributed by atoms with Gasteiger partial charge in [-0.2, -0.15) is 5.26 Å². The molecule has 1 aliphatic rings. The molecule has 1 aliphatic heterocycles. The van der Waals surface area contributed by atoms with Gasteiger partial charge in [-0.3, -0.25) is 4.98 Å². The zero-order valence-electron chi connectivity index (χ0n) is 20.6. The molecule has 35 heavy (non-hydrogen) atoms. The van der Waals surface area contributed by atoms with Crippen LogP contribution in [0, 0.1) is 11.3 Å². The minimum absolute atomic E-state index is 0.143. The number of amides is 1. The predicted octanol–water partition coefficient (Wildman–Crippen LogP) is 5.65. The Hall–Kier alpha value is -3.83. The van der Waals surface area contributed by atoms with Crippen molar-refractivity contribution < 1.29 is 19.0 Å². The fourth-order valence-electron chi connectivity index (χ4n) is 4.28. The number of fused-ring (bicyclic) bond motifs is 1. The highest BCUT2D eigenvalue weighted by Crippen LogP contribution is 2.37. The van der Waals surface area contributed by atoms with Crippen LogP contribution in [0.2, 0.25) is 0 Å². The zero-order chi connectivity index (χ0) is 24.9. The van der Waals surface area contributed by atoms with E-state index in [-0.39, 0.29) is 11.3 Å². The van der Waals surface area contributed by atoms with Crippen LogP contribution >= 0.6 is 0 Å². The molecule has 1 aromatic heterocycles. The van der Waals surface area contributed by atoms with Crippen molar-refractivity contribution in [1.29, 1.82) is 5.26 Å². The van der Waals surface area contributed by atoms with Gasteiger partial charge in [0.1, 0.15) is 11.6 Å². The monoisotopic (exact) mass is 474 g/mol. The molecule has 0 N–H and O–H groups in total. The van der Waals surface area contributed by atoms with E-state index < -0.39 is 6.09 Å². The van der Waals surface area contributed by atoms with Gasteiger partial charge >= 0.3 is 6.09 Å². The number of pyridine rings is 1. The second kappa shape index (κ2) is 10.6. The van der Waals surface area contributed by atoms with Crippen molar-refractivity contribution >= 4 is 22.7 Å². The molecule has 1 fully saturated rings. The Bertz CT molecular complexity index is 1240. The lowest BCUT2D eigenvalue weighted by Gasteiger charge is -2.36. The number of hydrogen-bond donors (Lipinski definition) is 0. The van der Waals surface area contributed by atoms with Crippen molar-refractivity contribution in [3.8, 4) is 23.3 Å². The second-order valence-corrected chi connectivity index (χ2v) is 8.78. The summed E-state index contributed by atoms with van der Waals surface area (Å²) in [6.07, 6.45) is 3.93. The summed E-state index contributed by atoms with van der Waals surface area (Å²) in [5.74, 6) is 1.47. The Kier molecular flexibility index (Phi) is 7.37. The standard InChI is InChI=1S/C27H30N4O4/c1-18(2)19-8-10-21(11-9-19)31(30-12-6-5-7-13-30)27(32)35-26-20(16-28)17-29-23-15-25(34-4)24(33-3)14-22(23)26/h8-11,14-15,17-18H,5-7,12-13H2,1-4H3. The minimum Gasteiger partial charge on any atom is -0.493 e. The Morgan fingerprint density at radius 1 is 1.06 bits per heavy atom. The molecule has 4 rings (SSSR count). The van der Waals surface area contributed by atoms with Crippen LogP contribution in [0.15, 0.2) is 42.6 Å². The van der Waals surface area contributed by atoms with Gasteiger partial charge < -0.3 is 14.2 Å². The normalized spacial score (nSPS) is 13.9.